The number of pyridine rings is 1. The van der Waals surface area contributed by atoms with Crippen LogP contribution in [0.2, 0.25) is 0 Å². The third kappa shape index (κ3) is 7.10. The molecule has 2 saturated heterocycles. The lowest BCUT2D eigenvalue weighted by molar-refractivity contribution is -0.235. The Kier molecular flexibility index (Phi) is 10.4. The second-order valence-corrected chi connectivity index (χ2v) is 10.8. The Hall–Kier alpha value is -3.21. The number of piperidine rings is 1. The number of benzene rings is 1. The van der Waals surface area contributed by atoms with Gasteiger partial charge in [-0.15, -0.1) is 0 Å². The van der Waals surface area contributed by atoms with Crippen molar-refractivity contribution in [1.29, 1.82) is 0 Å². The fraction of sp³-hybridized carbons (Fsp3) is 0.567. The predicted octanol–water partition coefficient (Wildman–Crippen LogP) is 4.02. The largest absolute Gasteiger partial charge is 0.490 e. The van der Waals surface area contributed by atoms with E-state index in [9.17, 15) is 9.59 Å². The zero-order valence-corrected chi connectivity index (χ0v) is 23.9. The third-order valence-corrected chi connectivity index (χ3v) is 7.37. The Bertz CT molecular complexity index is 1110. The van der Waals surface area contributed by atoms with Gasteiger partial charge >= 0.3 is 6.09 Å². The Balaban J connectivity index is 1.35. The van der Waals surface area contributed by atoms with Crippen LogP contribution in [0.1, 0.15) is 44.4 Å². The molecule has 0 aliphatic carbocycles. The molecule has 1 aromatic carbocycles. The lowest BCUT2D eigenvalue weighted by Crippen LogP contribution is -2.76. The van der Waals surface area contributed by atoms with Crippen LogP contribution in [0.15, 0.2) is 48.7 Å². The molecule has 2 aliphatic heterocycles. The first kappa shape index (κ1) is 29.8. The number of amides is 2. The van der Waals surface area contributed by atoms with Crippen LogP contribution in [-0.2, 0) is 36.8 Å². The number of β-lactam (4-membered cyclic amide) rings is 1. The van der Waals surface area contributed by atoms with Crippen molar-refractivity contribution >= 4 is 12.0 Å². The highest BCUT2D eigenvalue weighted by Gasteiger charge is 2.62. The summed E-state index contributed by atoms with van der Waals surface area (Å²) in [6.45, 7) is 5.84. The maximum Gasteiger partial charge on any atom is 0.410 e. The molecule has 10 nitrogen and oxygen atoms in total. The lowest BCUT2D eigenvalue weighted by Gasteiger charge is -2.55. The molecule has 10 heteroatoms. The Labute approximate surface area is 236 Å². The molecule has 40 heavy (non-hydrogen) atoms. The first-order valence-electron chi connectivity index (χ1n) is 13.9. The van der Waals surface area contributed by atoms with Crippen molar-refractivity contribution in [3.8, 4) is 5.75 Å². The minimum Gasteiger partial charge on any atom is -0.490 e. The topological polar surface area (TPSA) is 99.7 Å². The summed E-state index contributed by atoms with van der Waals surface area (Å²) >= 11 is 0. The number of hydrogen-bond donors (Lipinski definition) is 0. The van der Waals surface area contributed by atoms with Crippen LogP contribution in [0.5, 0.6) is 5.75 Å². The number of nitrogens with zero attached hydrogens (tertiary/aromatic N) is 3. The Morgan fingerprint density at radius 2 is 1.85 bits per heavy atom. The van der Waals surface area contributed by atoms with E-state index in [2.05, 4.69) is 18.8 Å². The smallest absolute Gasteiger partial charge is 0.410 e. The average Bonchev–Trinajstić information content (AvgIpc) is 2.97. The van der Waals surface area contributed by atoms with Gasteiger partial charge in [0.1, 0.15) is 32.0 Å². The van der Waals surface area contributed by atoms with Crippen LogP contribution in [0, 0.1) is 5.92 Å². The van der Waals surface area contributed by atoms with Gasteiger partial charge in [-0.2, -0.15) is 0 Å². The molecular formula is C30H41N3O7. The summed E-state index contributed by atoms with van der Waals surface area (Å²) in [6, 6.07) is 13.2. The molecule has 0 bridgehead atoms. The standard InChI is InChI=1S/C30H41N3O7/c1-22(2)16-27-30(39-21-37-4,28(34)33(27)20-36-3)18-24-17-26(10-13-31-24)40-25-11-14-32(15-12-25)29(35)38-19-23-8-6-5-7-9-23/h5-10,13,17,22,25,27H,11-12,14-16,18-21H2,1-4H3/t27-,30+/m0/s1. The molecule has 2 fully saturated rings. The molecular weight excluding hydrogens is 514 g/mol. The minimum absolute atomic E-state index is 0.00368. The first-order valence-corrected chi connectivity index (χ1v) is 13.9. The number of carbonyl (C=O) groups excluding carboxylic acids is 2. The monoisotopic (exact) mass is 555 g/mol. The van der Waals surface area contributed by atoms with E-state index in [-0.39, 0.29) is 44.3 Å². The van der Waals surface area contributed by atoms with Gasteiger partial charge in [0.2, 0.25) is 0 Å². The summed E-state index contributed by atoms with van der Waals surface area (Å²) < 4.78 is 28.3. The minimum atomic E-state index is -1.07. The quantitative estimate of drug-likeness (QED) is 0.270. The SMILES string of the molecule is COCO[C@@]1(Cc2cc(OC3CCN(C(=O)OCc4ccccc4)CC3)ccn2)C(=O)N(COC)[C@H]1CC(C)C. The number of hydrogen-bond acceptors (Lipinski definition) is 8. The molecule has 3 heterocycles. The lowest BCUT2D eigenvalue weighted by atomic mass is 9.75. The number of likely N-dealkylation sites (tertiary alicyclic amines) is 2. The van der Waals surface area contributed by atoms with Gasteiger partial charge in [-0.1, -0.05) is 44.2 Å². The molecule has 0 radical (unpaired) electrons. The van der Waals surface area contributed by atoms with Crippen molar-refractivity contribution in [1.82, 2.24) is 14.8 Å². The highest BCUT2D eigenvalue weighted by Crippen LogP contribution is 2.41. The van der Waals surface area contributed by atoms with Gasteiger partial charge in [0.25, 0.3) is 5.91 Å². The summed E-state index contributed by atoms with van der Waals surface area (Å²) in [6.07, 6.45) is 3.80. The van der Waals surface area contributed by atoms with Crippen LogP contribution in [-0.4, -0.2) is 85.4 Å². The number of rotatable bonds is 13. The van der Waals surface area contributed by atoms with Crippen LogP contribution in [0.25, 0.3) is 0 Å². The summed E-state index contributed by atoms with van der Waals surface area (Å²) in [5.41, 5.74) is 0.591. The Morgan fingerprint density at radius 3 is 2.52 bits per heavy atom. The first-order chi connectivity index (χ1) is 19.4. The highest BCUT2D eigenvalue weighted by atomic mass is 16.7. The van der Waals surface area contributed by atoms with Gasteiger partial charge in [-0.05, 0) is 24.0 Å². The van der Waals surface area contributed by atoms with Crippen LogP contribution >= 0.6 is 0 Å². The molecule has 1 aromatic heterocycles. The summed E-state index contributed by atoms with van der Waals surface area (Å²) in [4.78, 5) is 33.8. The van der Waals surface area contributed by atoms with Gasteiger partial charge < -0.3 is 33.5 Å². The maximum atomic E-state index is 13.4. The van der Waals surface area contributed by atoms with Gasteiger partial charge in [0, 0.05) is 64.5 Å². The van der Waals surface area contributed by atoms with Crippen LogP contribution in [0.3, 0.4) is 0 Å². The zero-order chi connectivity index (χ0) is 28.5. The zero-order valence-electron chi connectivity index (χ0n) is 23.9. The maximum absolute atomic E-state index is 13.4. The fourth-order valence-corrected chi connectivity index (χ4v) is 5.39. The van der Waals surface area contributed by atoms with E-state index in [1.54, 1.807) is 30.2 Å². The molecule has 2 aromatic rings. The highest BCUT2D eigenvalue weighted by molar-refractivity contribution is 5.93. The molecule has 218 valence electrons. The Morgan fingerprint density at radius 1 is 1.10 bits per heavy atom. The molecule has 0 saturated carbocycles. The van der Waals surface area contributed by atoms with Crippen LogP contribution in [0.4, 0.5) is 4.79 Å². The van der Waals surface area contributed by atoms with E-state index in [0.29, 0.717) is 49.7 Å². The van der Waals surface area contributed by atoms with Crippen molar-refractivity contribution in [2.24, 2.45) is 5.92 Å². The predicted molar refractivity (Wildman–Crippen MR) is 147 cm³/mol. The number of aromatic nitrogens is 1. The second-order valence-electron chi connectivity index (χ2n) is 10.8. The second kappa shape index (κ2) is 13.9. The number of carbonyl (C=O) groups is 2. The van der Waals surface area contributed by atoms with Gasteiger partial charge in [0.15, 0.2) is 5.60 Å². The molecule has 2 amide bonds. The van der Waals surface area contributed by atoms with Gasteiger partial charge in [0.05, 0.1) is 6.04 Å². The van der Waals surface area contributed by atoms with E-state index in [4.69, 9.17) is 23.7 Å². The van der Waals surface area contributed by atoms with Gasteiger partial charge in [-0.3, -0.25) is 9.78 Å². The van der Waals surface area contributed by atoms with E-state index < -0.39 is 5.60 Å². The third-order valence-electron chi connectivity index (χ3n) is 7.37. The van der Waals surface area contributed by atoms with Gasteiger partial charge in [-0.25, -0.2) is 4.79 Å². The van der Waals surface area contributed by atoms with E-state index in [1.807, 2.05) is 42.5 Å². The van der Waals surface area contributed by atoms with Crippen molar-refractivity contribution in [2.45, 2.75) is 63.9 Å². The summed E-state index contributed by atoms with van der Waals surface area (Å²) in [7, 11) is 3.12. The van der Waals surface area contributed by atoms with Crippen molar-refractivity contribution in [2.75, 3.05) is 40.8 Å². The number of ether oxygens (including phenoxy) is 5. The van der Waals surface area contributed by atoms with Crippen molar-refractivity contribution < 1.29 is 33.3 Å². The van der Waals surface area contributed by atoms with E-state index in [1.165, 1.54) is 0 Å². The molecule has 0 N–H and O–H groups in total. The number of methoxy groups -OCH3 is 2. The van der Waals surface area contributed by atoms with E-state index >= 15 is 0 Å². The summed E-state index contributed by atoms with van der Waals surface area (Å²) in [5, 5.41) is 0. The molecule has 4 rings (SSSR count). The molecule has 0 spiro atoms. The average molecular weight is 556 g/mol. The molecule has 0 unspecified atom stereocenters. The van der Waals surface area contributed by atoms with E-state index in [0.717, 1.165) is 12.0 Å². The van der Waals surface area contributed by atoms with Crippen molar-refractivity contribution in [3.63, 3.8) is 0 Å². The molecule has 2 aliphatic rings. The molecule has 2 atom stereocenters. The fourth-order valence-electron chi connectivity index (χ4n) is 5.39. The normalized spacial score (nSPS) is 21.4. The van der Waals surface area contributed by atoms with Crippen LogP contribution < -0.4 is 4.74 Å². The van der Waals surface area contributed by atoms with Crippen molar-refractivity contribution in [3.05, 3.63) is 59.9 Å². The summed E-state index contributed by atoms with van der Waals surface area (Å²) in [5.74, 6) is 0.904.